The maximum atomic E-state index is 12.9. The molecular weight excluding hydrogens is 242 g/mol. The van der Waals surface area contributed by atoms with Crippen molar-refractivity contribution < 1.29 is 10.0 Å². The van der Waals surface area contributed by atoms with Crippen LogP contribution in [0.4, 0.5) is 0 Å². The number of carbonyl (C=O) groups excluding carboxylic acids is 1. The van der Waals surface area contributed by atoms with Gasteiger partial charge in [0.2, 0.25) is 5.91 Å². The fourth-order valence-corrected chi connectivity index (χ4v) is 2.66. The number of nitrogens with zero attached hydrogens (tertiary/aromatic N) is 2. The van der Waals surface area contributed by atoms with Gasteiger partial charge in [-0.2, -0.15) is 0 Å². The predicted molar refractivity (Wildman–Crippen MR) is 76.1 cm³/mol. The quantitative estimate of drug-likeness (QED) is 0.356. The largest absolute Gasteiger partial charge is 0.409 e. The van der Waals surface area contributed by atoms with E-state index in [1.807, 2.05) is 20.9 Å². The van der Waals surface area contributed by atoms with E-state index in [0.29, 0.717) is 12.8 Å². The van der Waals surface area contributed by atoms with Crippen molar-refractivity contribution in [3.8, 4) is 0 Å². The Morgan fingerprint density at radius 3 is 2.32 bits per heavy atom. The fraction of sp³-hybridized carbons (Fsp3) is 0.857. The van der Waals surface area contributed by atoms with Gasteiger partial charge in [-0.3, -0.25) is 4.79 Å². The molecule has 1 aliphatic rings. The Morgan fingerprint density at radius 1 is 1.37 bits per heavy atom. The summed E-state index contributed by atoms with van der Waals surface area (Å²) in [4.78, 5) is 14.6. The molecule has 0 unspecified atom stereocenters. The van der Waals surface area contributed by atoms with Gasteiger partial charge in [0.05, 0.1) is 0 Å². The highest BCUT2D eigenvalue weighted by Crippen LogP contribution is 2.39. The maximum absolute atomic E-state index is 12.9. The molecule has 1 amide bonds. The van der Waals surface area contributed by atoms with Crippen molar-refractivity contribution >= 4 is 11.7 Å². The van der Waals surface area contributed by atoms with E-state index in [9.17, 15) is 4.79 Å². The molecule has 0 radical (unpaired) electrons. The zero-order valence-corrected chi connectivity index (χ0v) is 12.6. The maximum Gasteiger partial charge on any atom is 0.236 e. The number of carbonyl (C=O) groups is 1. The highest BCUT2D eigenvalue weighted by atomic mass is 16.4. The van der Waals surface area contributed by atoms with Gasteiger partial charge in [-0.05, 0) is 33.1 Å². The summed E-state index contributed by atoms with van der Waals surface area (Å²) < 4.78 is 0. The van der Waals surface area contributed by atoms with Crippen LogP contribution in [0.5, 0.6) is 0 Å². The standard InChI is InChI=1S/C14H27N3O2/c1-5-13(2,3)17(4)12(18)14(11(15)16-19)9-7-6-8-10-14/h19H,5-10H2,1-4H3,(H2,15,16). The second-order valence-corrected chi connectivity index (χ2v) is 6.16. The number of oxime groups is 1. The number of amides is 1. The van der Waals surface area contributed by atoms with Gasteiger partial charge < -0.3 is 15.8 Å². The number of nitrogens with two attached hydrogens (primary N) is 1. The number of hydrogen-bond donors (Lipinski definition) is 2. The zero-order valence-electron chi connectivity index (χ0n) is 12.6. The van der Waals surface area contributed by atoms with E-state index in [1.165, 1.54) is 0 Å². The van der Waals surface area contributed by atoms with E-state index in [2.05, 4.69) is 12.1 Å². The van der Waals surface area contributed by atoms with Crippen molar-refractivity contribution in [2.75, 3.05) is 7.05 Å². The predicted octanol–water partition coefficient (Wildman–Crippen LogP) is 2.33. The summed E-state index contributed by atoms with van der Waals surface area (Å²) in [6.45, 7) is 6.13. The molecule has 19 heavy (non-hydrogen) atoms. The first-order valence-electron chi connectivity index (χ1n) is 7.08. The van der Waals surface area contributed by atoms with Gasteiger partial charge in [0, 0.05) is 12.6 Å². The molecule has 1 aliphatic carbocycles. The van der Waals surface area contributed by atoms with Crippen LogP contribution >= 0.6 is 0 Å². The Morgan fingerprint density at radius 2 is 1.89 bits per heavy atom. The lowest BCUT2D eigenvalue weighted by molar-refractivity contribution is -0.143. The second kappa shape index (κ2) is 5.80. The van der Waals surface area contributed by atoms with Crippen LogP contribution in [-0.4, -0.2) is 34.4 Å². The van der Waals surface area contributed by atoms with Crippen LogP contribution in [0.2, 0.25) is 0 Å². The molecule has 1 saturated carbocycles. The van der Waals surface area contributed by atoms with Gasteiger partial charge in [-0.25, -0.2) is 0 Å². The molecule has 1 fully saturated rings. The summed E-state index contributed by atoms with van der Waals surface area (Å²) in [6, 6.07) is 0. The van der Waals surface area contributed by atoms with Crippen molar-refractivity contribution in [2.45, 2.75) is 64.8 Å². The van der Waals surface area contributed by atoms with E-state index in [0.717, 1.165) is 25.7 Å². The number of rotatable bonds is 4. The summed E-state index contributed by atoms with van der Waals surface area (Å²) in [7, 11) is 1.81. The molecule has 0 atom stereocenters. The fourth-order valence-electron chi connectivity index (χ4n) is 2.66. The molecule has 0 heterocycles. The normalized spacial score (nSPS) is 20.1. The molecule has 0 aromatic heterocycles. The number of amidine groups is 1. The minimum absolute atomic E-state index is 0.0191. The van der Waals surface area contributed by atoms with E-state index < -0.39 is 5.41 Å². The summed E-state index contributed by atoms with van der Waals surface area (Å²) in [5.41, 5.74) is 4.82. The van der Waals surface area contributed by atoms with Crippen LogP contribution in [0.15, 0.2) is 5.16 Å². The van der Waals surface area contributed by atoms with Crippen molar-refractivity contribution in [3.05, 3.63) is 0 Å². The molecule has 3 N–H and O–H groups in total. The third-order valence-electron chi connectivity index (χ3n) is 4.79. The summed E-state index contributed by atoms with van der Waals surface area (Å²) in [5, 5.41) is 12.2. The SMILES string of the molecule is CCC(C)(C)N(C)C(=O)C1(C(N)=NO)CCCCC1. The molecule has 0 aliphatic heterocycles. The van der Waals surface area contributed by atoms with Gasteiger partial charge >= 0.3 is 0 Å². The first-order valence-corrected chi connectivity index (χ1v) is 7.08. The van der Waals surface area contributed by atoms with Gasteiger partial charge in [0.25, 0.3) is 0 Å². The lowest BCUT2D eigenvalue weighted by atomic mass is 9.71. The summed E-state index contributed by atoms with van der Waals surface area (Å²) >= 11 is 0. The highest BCUT2D eigenvalue weighted by molar-refractivity contribution is 6.06. The lowest BCUT2D eigenvalue weighted by Gasteiger charge is -2.43. The zero-order chi connectivity index (χ0) is 14.7. The van der Waals surface area contributed by atoms with Crippen molar-refractivity contribution in [2.24, 2.45) is 16.3 Å². The summed E-state index contributed by atoms with van der Waals surface area (Å²) in [5.74, 6) is 0.0466. The molecule has 5 nitrogen and oxygen atoms in total. The van der Waals surface area contributed by atoms with E-state index in [4.69, 9.17) is 10.9 Å². The minimum Gasteiger partial charge on any atom is -0.409 e. The van der Waals surface area contributed by atoms with Crippen molar-refractivity contribution in [1.29, 1.82) is 0 Å². The van der Waals surface area contributed by atoms with Gasteiger partial charge in [0.1, 0.15) is 5.41 Å². The first kappa shape index (κ1) is 15.8. The van der Waals surface area contributed by atoms with Gasteiger partial charge in [-0.15, -0.1) is 0 Å². The molecule has 0 spiro atoms. The Hall–Kier alpha value is -1.26. The van der Waals surface area contributed by atoms with Crippen molar-refractivity contribution in [3.63, 3.8) is 0 Å². The average Bonchev–Trinajstić information content (AvgIpc) is 2.45. The molecule has 0 aromatic rings. The molecule has 0 bridgehead atoms. The molecule has 0 saturated heterocycles. The van der Waals surface area contributed by atoms with Crippen LogP contribution < -0.4 is 5.73 Å². The third kappa shape index (κ3) is 2.85. The molecule has 110 valence electrons. The third-order valence-corrected chi connectivity index (χ3v) is 4.79. The Labute approximate surface area is 115 Å². The Bertz CT molecular complexity index is 358. The van der Waals surface area contributed by atoms with Gasteiger partial charge in [-0.1, -0.05) is 31.3 Å². The molecule has 0 aromatic carbocycles. The summed E-state index contributed by atoms with van der Waals surface area (Å²) in [6.07, 6.45) is 5.21. The van der Waals surface area contributed by atoms with Gasteiger partial charge in [0.15, 0.2) is 5.84 Å². The smallest absolute Gasteiger partial charge is 0.236 e. The van der Waals surface area contributed by atoms with E-state index in [1.54, 1.807) is 4.90 Å². The van der Waals surface area contributed by atoms with Crippen LogP contribution in [-0.2, 0) is 4.79 Å². The van der Waals surface area contributed by atoms with Crippen molar-refractivity contribution in [1.82, 2.24) is 4.90 Å². The lowest BCUT2D eigenvalue weighted by Crippen LogP contribution is -2.56. The molecule has 1 rings (SSSR count). The van der Waals surface area contributed by atoms with Crippen LogP contribution in [0, 0.1) is 5.41 Å². The van der Waals surface area contributed by atoms with Crippen LogP contribution in [0.25, 0.3) is 0 Å². The first-order chi connectivity index (χ1) is 8.81. The second-order valence-electron chi connectivity index (χ2n) is 6.16. The van der Waals surface area contributed by atoms with E-state index in [-0.39, 0.29) is 17.3 Å². The van der Waals surface area contributed by atoms with Crippen LogP contribution in [0.1, 0.15) is 59.3 Å². The number of hydrogen-bond acceptors (Lipinski definition) is 3. The molecular formula is C14H27N3O2. The highest BCUT2D eigenvalue weighted by Gasteiger charge is 2.47. The Kier molecular flexibility index (Phi) is 4.82. The topological polar surface area (TPSA) is 78.9 Å². The average molecular weight is 269 g/mol. The minimum atomic E-state index is -0.811. The molecule has 5 heteroatoms. The van der Waals surface area contributed by atoms with Crippen LogP contribution in [0.3, 0.4) is 0 Å². The monoisotopic (exact) mass is 269 g/mol. The Balaban J connectivity index is 3.09. The van der Waals surface area contributed by atoms with E-state index >= 15 is 0 Å².